The number of aryl methyl sites for hydroxylation is 2. The van der Waals surface area contributed by atoms with Gasteiger partial charge in [-0.3, -0.25) is 4.68 Å². The molecule has 4 aromatic carbocycles. The Morgan fingerprint density at radius 3 is 2.27 bits per heavy atom. The molecule has 0 saturated heterocycles. The van der Waals surface area contributed by atoms with Crippen molar-refractivity contribution in [3.63, 3.8) is 0 Å². The molecule has 7 rings (SSSR count). The van der Waals surface area contributed by atoms with Crippen molar-refractivity contribution in [1.82, 2.24) is 19.3 Å². The Balaban J connectivity index is 0.00000401. The maximum Gasteiger partial charge on any atom is 2.00 e. The van der Waals surface area contributed by atoms with Crippen LogP contribution in [-0.2, 0) is 26.5 Å². The van der Waals surface area contributed by atoms with Gasteiger partial charge in [0.1, 0.15) is 5.82 Å². The van der Waals surface area contributed by atoms with Crippen LogP contribution in [0.15, 0.2) is 91.1 Å². The summed E-state index contributed by atoms with van der Waals surface area (Å²) in [5, 5.41) is 7.30. The van der Waals surface area contributed by atoms with E-state index in [9.17, 15) is 0 Å². The number of benzene rings is 4. The minimum absolute atomic E-state index is 0. The van der Waals surface area contributed by atoms with Crippen molar-refractivity contribution >= 4 is 21.8 Å². The number of hydrogen-bond donors (Lipinski definition) is 0. The van der Waals surface area contributed by atoms with Gasteiger partial charge in [0, 0.05) is 34.5 Å². The van der Waals surface area contributed by atoms with Gasteiger partial charge >= 0.3 is 21.1 Å². The SMILES string of the molecule is Cc1ccnc(-n2c3[c-]c(Oc4[c-]c(-n5nc(C)c(-c6c(C(C)C)cccc6C(C)(C)C)c5C)ccc4)ccc3c3ccccc32)c1.[Pt+2]. The first-order valence-corrected chi connectivity index (χ1v) is 16.3. The topological polar surface area (TPSA) is 44.9 Å². The zero-order chi connectivity index (χ0) is 33.0. The molecule has 0 aliphatic carbocycles. The van der Waals surface area contributed by atoms with E-state index in [-0.39, 0.29) is 26.5 Å². The maximum absolute atomic E-state index is 6.45. The molecule has 0 fully saturated rings. The molecule has 0 amide bonds. The quantitative estimate of drug-likeness (QED) is 0.157. The van der Waals surface area contributed by atoms with Crippen LogP contribution in [0, 0.1) is 32.9 Å². The van der Waals surface area contributed by atoms with Crippen molar-refractivity contribution in [2.24, 2.45) is 0 Å². The molecule has 0 spiro atoms. The zero-order valence-electron chi connectivity index (χ0n) is 28.8. The van der Waals surface area contributed by atoms with Crippen LogP contribution in [0.25, 0.3) is 44.4 Å². The third-order valence-electron chi connectivity index (χ3n) is 8.96. The molecule has 6 heteroatoms. The smallest absolute Gasteiger partial charge is 0.509 e. The van der Waals surface area contributed by atoms with E-state index < -0.39 is 0 Å². The summed E-state index contributed by atoms with van der Waals surface area (Å²) in [6.07, 6.45) is 1.85. The summed E-state index contributed by atoms with van der Waals surface area (Å²) >= 11 is 0. The van der Waals surface area contributed by atoms with Crippen LogP contribution in [0.3, 0.4) is 0 Å². The second-order valence-electron chi connectivity index (χ2n) is 13.8. The Hall–Kier alpha value is -4.47. The molecule has 3 heterocycles. The third kappa shape index (κ3) is 5.90. The molecule has 0 saturated carbocycles. The Morgan fingerprint density at radius 1 is 0.771 bits per heavy atom. The first kappa shape index (κ1) is 33.4. The fraction of sp³-hybridized carbons (Fsp3) is 0.238. The van der Waals surface area contributed by atoms with E-state index in [0.717, 1.165) is 50.3 Å². The number of fused-ring (bicyclic) bond motifs is 3. The van der Waals surface area contributed by atoms with Crippen LogP contribution < -0.4 is 4.74 Å². The summed E-state index contributed by atoms with van der Waals surface area (Å²) in [4.78, 5) is 4.70. The fourth-order valence-electron chi connectivity index (χ4n) is 6.75. The van der Waals surface area contributed by atoms with Crippen LogP contribution >= 0.6 is 0 Å². The summed E-state index contributed by atoms with van der Waals surface area (Å²) in [5.41, 5.74) is 11.2. The summed E-state index contributed by atoms with van der Waals surface area (Å²) in [5.74, 6) is 2.44. The van der Waals surface area contributed by atoms with Crippen molar-refractivity contribution in [3.05, 3.63) is 131 Å². The van der Waals surface area contributed by atoms with Gasteiger partial charge in [0.15, 0.2) is 0 Å². The van der Waals surface area contributed by atoms with Crippen LogP contribution in [0.2, 0.25) is 0 Å². The van der Waals surface area contributed by atoms with E-state index in [1.807, 2.05) is 41.2 Å². The molecule has 0 bridgehead atoms. The van der Waals surface area contributed by atoms with E-state index in [2.05, 4.69) is 127 Å². The van der Waals surface area contributed by atoms with Gasteiger partial charge in [-0.1, -0.05) is 76.5 Å². The average molecular weight is 812 g/mol. The van der Waals surface area contributed by atoms with E-state index in [4.69, 9.17) is 14.8 Å². The largest absolute Gasteiger partial charge is 2.00 e. The zero-order valence-corrected chi connectivity index (χ0v) is 31.0. The van der Waals surface area contributed by atoms with Gasteiger partial charge < -0.3 is 9.30 Å². The van der Waals surface area contributed by atoms with E-state index in [1.165, 1.54) is 22.3 Å². The van der Waals surface area contributed by atoms with Gasteiger partial charge in [0.25, 0.3) is 0 Å². The van der Waals surface area contributed by atoms with Gasteiger partial charge in [-0.15, -0.1) is 35.7 Å². The predicted octanol–water partition coefficient (Wildman–Crippen LogP) is 10.8. The Labute approximate surface area is 297 Å². The molecule has 5 nitrogen and oxygen atoms in total. The molecule has 0 unspecified atom stereocenters. The Kier molecular flexibility index (Phi) is 8.95. The number of hydrogen-bond acceptors (Lipinski definition) is 3. The van der Waals surface area contributed by atoms with Crippen molar-refractivity contribution < 1.29 is 25.8 Å². The van der Waals surface area contributed by atoms with Crippen molar-refractivity contribution in [3.8, 4) is 34.1 Å². The van der Waals surface area contributed by atoms with Crippen LogP contribution in [0.1, 0.15) is 68.6 Å². The van der Waals surface area contributed by atoms with Crippen molar-refractivity contribution in [1.29, 1.82) is 0 Å². The summed E-state index contributed by atoms with van der Waals surface area (Å²) < 4.78 is 10.6. The van der Waals surface area contributed by atoms with Gasteiger partial charge in [-0.05, 0) is 83.6 Å². The fourth-order valence-corrected chi connectivity index (χ4v) is 6.75. The molecule has 244 valence electrons. The summed E-state index contributed by atoms with van der Waals surface area (Å²) in [7, 11) is 0. The van der Waals surface area contributed by atoms with E-state index >= 15 is 0 Å². The Bertz CT molecular complexity index is 2290. The second kappa shape index (κ2) is 12.9. The molecule has 0 atom stereocenters. The first-order chi connectivity index (χ1) is 22.5. The molecular weight excluding hydrogens is 772 g/mol. The molecule has 7 aromatic rings. The number of pyridine rings is 1. The molecule has 0 aliphatic rings. The van der Waals surface area contributed by atoms with Gasteiger partial charge in [0.05, 0.1) is 5.69 Å². The third-order valence-corrected chi connectivity index (χ3v) is 8.96. The molecular formula is C42H40N4OPt. The molecule has 48 heavy (non-hydrogen) atoms. The van der Waals surface area contributed by atoms with Crippen molar-refractivity contribution in [2.45, 2.75) is 66.7 Å². The van der Waals surface area contributed by atoms with Gasteiger partial charge in [-0.2, -0.15) is 17.2 Å². The normalized spacial score (nSPS) is 11.8. The maximum atomic E-state index is 6.45. The Morgan fingerprint density at radius 2 is 1.52 bits per heavy atom. The van der Waals surface area contributed by atoms with Gasteiger partial charge in [0.2, 0.25) is 0 Å². The molecule has 0 aliphatic heterocycles. The number of aromatic nitrogens is 4. The minimum Gasteiger partial charge on any atom is -0.509 e. The molecule has 3 aromatic heterocycles. The van der Waals surface area contributed by atoms with E-state index in [0.29, 0.717) is 17.4 Å². The van der Waals surface area contributed by atoms with Crippen molar-refractivity contribution in [2.75, 3.05) is 0 Å². The monoisotopic (exact) mass is 811 g/mol. The summed E-state index contributed by atoms with van der Waals surface area (Å²) in [6, 6.07) is 36.3. The van der Waals surface area contributed by atoms with Crippen LogP contribution in [-0.4, -0.2) is 19.3 Å². The predicted molar refractivity (Wildman–Crippen MR) is 192 cm³/mol. The standard InChI is InChI=1S/C42H40N4O.Pt/c1-26(2)33-16-12-17-36(42(6,7)8)41(33)40-28(4)44-46(29(40)5)30-13-11-14-31(24-30)47-32-19-20-35-34-15-9-10-18-37(34)45(38(35)25-32)39-23-27(3)21-22-43-39;/h9-23,26H,1-8H3;/q-2;+2. The van der Waals surface area contributed by atoms with Crippen LogP contribution in [0.4, 0.5) is 0 Å². The van der Waals surface area contributed by atoms with Gasteiger partial charge in [-0.25, -0.2) is 4.98 Å². The number of rotatable bonds is 6. The molecule has 0 N–H and O–H groups in total. The average Bonchev–Trinajstić information content (AvgIpc) is 3.52. The number of para-hydroxylation sites is 1. The summed E-state index contributed by atoms with van der Waals surface area (Å²) in [6.45, 7) is 17.7. The number of nitrogens with zero attached hydrogens (tertiary/aromatic N) is 4. The molecule has 0 radical (unpaired) electrons. The first-order valence-electron chi connectivity index (χ1n) is 16.3. The minimum atomic E-state index is -0.0141. The second-order valence-corrected chi connectivity index (χ2v) is 13.8. The number of ether oxygens (including phenoxy) is 1. The van der Waals surface area contributed by atoms with Crippen LogP contribution in [0.5, 0.6) is 11.5 Å². The van der Waals surface area contributed by atoms with E-state index in [1.54, 1.807) is 0 Å².